The molecule has 0 unspecified atom stereocenters. The minimum Gasteiger partial charge on any atom is -0.481 e. The number of carboxylic acid groups (broad SMARTS) is 1. The Morgan fingerprint density at radius 2 is 1.88 bits per heavy atom. The molecule has 1 fully saturated rings. The van der Waals surface area contributed by atoms with Crippen molar-refractivity contribution in [2.75, 3.05) is 13.1 Å². The van der Waals surface area contributed by atoms with Crippen molar-refractivity contribution in [3.63, 3.8) is 0 Å². The van der Waals surface area contributed by atoms with Crippen LogP contribution in [0.1, 0.15) is 18.1 Å². The molecule has 1 aromatic carbocycles. The second kappa shape index (κ2) is 7.44. The van der Waals surface area contributed by atoms with Gasteiger partial charge in [0.05, 0.1) is 12.1 Å². The molecule has 0 bridgehead atoms. The normalized spacial score (nSPS) is 20.3. The monoisotopic (exact) mass is 372 g/mol. The Morgan fingerprint density at radius 3 is 2.44 bits per heavy atom. The van der Waals surface area contributed by atoms with Gasteiger partial charge in [0, 0.05) is 20.0 Å². The summed E-state index contributed by atoms with van der Waals surface area (Å²) in [5.74, 6) is -0.833. The quantitative estimate of drug-likeness (QED) is 0.560. The van der Waals surface area contributed by atoms with Crippen LogP contribution in [0.2, 0.25) is 0 Å². The van der Waals surface area contributed by atoms with E-state index in [0.29, 0.717) is 24.2 Å². The van der Waals surface area contributed by atoms with Gasteiger partial charge in [-0.15, -0.1) is 0 Å². The molecule has 0 saturated carbocycles. The van der Waals surface area contributed by atoms with Gasteiger partial charge in [0.2, 0.25) is 10.0 Å². The van der Waals surface area contributed by atoms with Crippen molar-refractivity contribution in [1.29, 1.82) is 0 Å². The predicted molar refractivity (Wildman–Crippen MR) is 87.6 cm³/mol. The van der Waals surface area contributed by atoms with Crippen LogP contribution in [0, 0.1) is 13.8 Å². The van der Waals surface area contributed by atoms with Gasteiger partial charge < -0.3 is 15.5 Å². The molecule has 25 heavy (non-hydrogen) atoms. The van der Waals surface area contributed by atoms with Gasteiger partial charge in [-0.1, -0.05) is 6.07 Å². The van der Waals surface area contributed by atoms with Gasteiger partial charge in [0.15, 0.2) is 5.52 Å². The third kappa shape index (κ3) is 4.31. The van der Waals surface area contributed by atoms with Gasteiger partial charge in [-0.05, 0) is 35.3 Å². The number of β-amino-alcohol motifs (C(OH)–C–C–N with tert-alkyl or cyclic N) is 1. The predicted octanol–water partition coefficient (Wildman–Crippen LogP) is -0.458. The first-order valence-electron chi connectivity index (χ1n) is 7.46. The van der Waals surface area contributed by atoms with Crippen LogP contribution in [-0.4, -0.2) is 60.1 Å². The van der Waals surface area contributed by atoms with Crippen molar-refractivity contribution < 1.29 is 28.1 Å². The van der Waals surface area contributed by atoms with Crippen molar-refractivity contribution in [3.8, 4) is 0 Å². The standard InChI is InChI=1S/C12H16N4O4S.C2H4O2/c1-6-3-7(2)12(11-10(6)14-20-15-11)21(18,19)16-8-4-13-5-9(8)17;1-2(3)4/h3,8-9,13,16-17H,4-5H2,1-2H3;1H3,(H,3,4)/t8-,9-;/m1./s1. The minimum atomic E-state index is -3.83. The topological polar surface area (TPSA) is 155 Å². The zero-order valence-corrected chi connectivity index (χ0v) is 14.8. The SMILES string of the molecule is CC(=O)O.Cc1cc(C)c2nonc2c1S(=O)(=O)N[C@@H]1CNC[C@H]1O. The van der Waals surface area contributed by atoms with E-state index in [0.717, 1.165) is 12.5 Å². The van der Waals surface area contributed by atoms with Crippen molar-refractivity contribution in [1.82, 2.24) is 20.4 Å². The van der Waals surface area contributed by atoms with E-state index in [1.807, 2.05) is 6.92 Å². The number of carboxylic acids is 1. The van der Waals surface area contributed by atoms with Gasteiger partial charge in [-0.25, -0.2) is 17.8 Å². The number of sulfonamides is 1. The lowest BCUT2D eigenvalue weighted by Crippen LogP contribution is -2.42. The number of rotatable bonds is 3. The average molecular weight is 372 g/mol. The fraction of sp³-hybridized carbons (Fsp3) is 0.500. The molecular weight excluding hydrogens is 352 g/mol. The van der Waals surface area contributed by atoms with Crippen LogP contribution in [0.15, 0.2) is 15.6 Å². The van der Waals surface area contributed by atoms with E-state index in [-0.39, 0.29) is 10.4 Å². The van der Waals surface area contributed by atoms with Crippen molar-refractivity contribution >= 4 is 27.0 Å². The summed E-state index contributed by atoms with van der Waals surface area (Å²) in [6, 6.07) is 1.16. The Kier molecular flexibility index (Phi) is 5.72. The van der Waals surface area contributed by atoms with Crippen LogP contribution >= 0.6 is 0 Å². The molecule has 1 aromatic heterocycles. The molecule has 0 aliphatic carbocycles. The van der Waals surface area contributed by atoms with Crippen molar-refractivity contribution in [2.24, 2.45) is 0 Å². The molecule has 2 heterocycles. The molecule has 2 aromatic rings. The first kappa shape index (κ1) is 19.2. The Balaban J connectivity index is 0.000000511. The van der Waals surface area contributed by atoms with E-state index in [9.17, 15) is 13.5 Å². The van der Waals surface area contributed by atoms with Gasteiger partial charge in [-0.3, -0.25) is 4.79 Å². The zero-order chi connectivity index (χ0) is 18.8. The first-order valence-corrected chi connectivity index (χ1v) is 8.95. The highest BCUT2D eigenvalue weighted by atomic mass is 32.2. The largest absolute Gasteiger partial charge is 0.481 e. The lowest BCUT2D eigenvalue weighted by atomic mass is 10.1. The van der Waals surface area contributed by atoms with Gasteiger partial charge >= 0.3 is 0 Å². The molecule has 2 atom stereocenters. The van der Waals surface area contributed by atoms with E-state index in [2.05, 4.69) is 25.0 Å². The number of aryl methyl sites for hydroxylation is 2. The van der Waals surface area contributed by atoms with Crippen LogP contribution < -0.4 is 10.0 Å². The molecule has 0 spiro atoms. The molecule has 0 radical (unpaired) electrons. The fourth-order valence-electron chi connectivity index (χ4n) is 2.62. The Labute approximate surface area is 144 Å². The molecule has 1 aliphatic rings. The molecule has 10 nitrogen and oxygen atoms in total. The molecule has 1 aliphatic heterocycles. The number of aliphatic hydroxyl groups is 1. The van der Waals surface area contributed by atoms with E-state index in [1.165, 1.54) is 0 Å². The summed E-state index contributed by atoms with van der Waals surface area (Å²) in [4.78, 5) is 9.04. The van der Waals surface area contributed by atoms with Gasteiger partial charge in [0.1, 0.15) is 10.4 Å². The van der Waals surface area contributed by atoms with Crippen molar-refractivity contribution in [3.05, 3.63) is 17.2 Å². The van der Waals surface area contributed by atoms with Crippen LogP contribution in [0.25, 0.3) is 11.0 Å². The Bertz CT molecular complexity index is 875. The maximum Gasteiger partial charge on any atom is 0.300 e. The number of hydrogen-bond acceptors (Lipinski definition) is 8. The second-order valence-corrected chi connectivity index (χ2v) is 7.42. The number of nitrogens with one attached hydrogen (secondary N) is 2. The third-order valence-electron chi connectivity index (χ3n) is 3.63. The maximum atomic E-state index is 12.6. The fourth-order valence-corrected chi connectivity index (χ4v) is 4.25. The molecule has 4 N–H and O–H groups in total. The Morgan fingerprint density at radius 1 is 1.28 bits per heavy atom. The summed E-state index contributed by atoms with van der Waals surface area (Å²) in [7, 11) is -3.83. The van der Waals surface area contributed by atoms with Gasteiger partial charge in [0.25, 0.3) is 5.97 Å². The summed E-state index contributed by atoms with van der Waals surface area (Å²) in [5.41, 5.74) is 1.99. The van der Waals surface area contributed by atoms with E-state index < -0.39 is 28.1 Å². The number of fused-ring (bicyclic) bond motifs is 1. The average Bonchev–Trinajstić information content (AvgIpc) is 3.08. The number of aromatic nitrogens is 2. The smallest absolute Gasteiger partial charge is 0.300 e. The highest BCUT2D eigenvalue weighted by Crippen LogP contribution is 2.27. The van der Waals surface area contributed by atoms with Crippen LogP contribution in [-0.2, 0) is 14.8 Å². The van der Waals surface area contributed by atoms with Crippen LogP contribution in [0.3, 0.4) is 0 Å². The number of benzene rings is 1. The van der Waals surface area contributed by atoms with Crippen molar-refractivity contribution in [2.45, 2.75) is 37.8 Å². The summed E-state index contributed by atoms with van der Waals surface area (Å²) >= 11 is 0. The molecule has 1 saturated heterocycles. The second-order valence-electron chi connectivity index (χ2n) is 5.77. The summed E-state index contributed by atoms with van der Waals surface area (Å²) in [6.45, 7) is 5.33. The zero-order valence-electron chi connectivity index (χ0n) is 14.0. The number of nitrogens with zero attached hydrogens (tertiary/aromatic N) is 2. The molecule has 0 amide bonds. The molecule has 11 heteroatoms. The lowest BCUT2D eigenvalue weighted by Gasteiger charge is -2.17. The van der Waals surface area contributed by atoms with E-state index in [1.54, 1.807) is 13.0 Å². The maximum absolute atomic E-state index is 12.6. The highest BCUT2D eigenvalue weighted by Gasteiger charge is 2.32. The molecule has 3 rings (SSSR count). The minimum absolute atomic E-state index is 0.0449. The van der Waals surface area contributed by atoms with Crippen LogP contribution in [0.4, 0.5) is 0 Å². The van der Waals surface area contributed by atoms with E-state index >= 15 is 0 Å². The number of aliphatic hydroxyl groups excluding tert-OH is 1. The Hall–Kier alpha value is -2.08. The first-order chi connectivity index (χ1) is 11.6. The molecular formula is C14H20N4O6S. The summed E-state index contributed by atoms with van der Waals surface area (Å²) in [6.07, 6.45) is -0.753. The highest BCUT2D eigenvalue weighted by molar-refractivity contribution is 7.89. The molecule has 138 valence electrons. The lowest BCUT2D eigenvalue weighted by molar-refractivity contribution is -0.134. The van der Waals surface area contributed by atoms with Gasteiger partial charge in [-0.2, -0.15) is 0 Å². The third-order valence-corrected chi connectivity index (χ3v) is 5.29. The number of carbonyl (C=O) groups is 1. The number of hydrogen-bond donors (Lipinski definition) is 4. The summed E-state index contributed by atoms with van der Waals surface area (Å²) in [5, 5.41) is 27.6. The number of aliphatic carboxylic acids is 1. The summed E-state index contributed by atoms with van der Waals surface area (Å²) < 4.78 is 32.4. The van der Waals surface area contributed by atoms with E-state index in [4.69, 9.17) is 9.90 Å². The van der Waals surface area contributed by atoms with Crippen LogP contribution in [0.5, 0.6) is 0 Å².